The lowest BCUT2D eigenvalue weighted by atomic mass is 10.1. The number of alkyl halides is 3. The Morgan fingerprint density at radius 1 is 1.14 bits per heavy atom. The molecule has 0 bridgehead atoms. The molecule has 1 aromatic heterocycles. The molecular formula is C20H19F3N4O2. The van der Waals surface area contributed by atoms with E-state index in [2.05, 4.69) is 20.8 Å². The fourth-order valence-electron chi connectivity index (χ4n) is 2.70. The van der Waals surface area contributed by atoms with E-state index in [0.29, 0.717) is 42.4 Å². The van der Waals surface area contributed by atoms with Crippen molar-refractivity contribution >= 4 is 17.3 Å². The largest absolute Gasteiger partial charge is 0.416 e. The molecule has 9 heteroatoms. The minimum absolute atomic E-state index is 0.242. The van der Waals surface area contributed by atoms with E-state index in [1.54, 1.807) is 31.2 Å². The summed E-state index contributed by atoms with van der Waals surface area (Å²) in [5.41, 5.74) is 0.225. The van der Waals surface area contributed by atoms with Gasteiger partial charge in [0.15, 0.2) is 5.82 Å². The Bertz CT molecular complexity index is 986. The minimum Gasteiger partial charge on any atom is -0.355 e. The number of amides is 1. The Hall–Kier alpha value is -3.36. The van der Waals surface area contributed by atoms with E-state index in [0.717, 1.165) is 12.1 Å². The van der Waals surface area contributed by atoms with Crippen molar-refractivity contribution < 1.29 is 22.5 Å². The summed E-state index contributed by atoms with van der Waals surface area (Å²) < 4.78 is 43.7. The van der Waals surface area contributed by atoms with Gasteiger partial charge < -0.3 is 15.2 Å². The third-order valence-electron chi connectivity index (χ3n) is 4.06. The van der Waals surface area contributed by atoms with Crippen LogP contribution in [0, 0.1) is 6.92 Å². The van der Waals surface area contributed by atoms with E-state index >= 15 is 0 Å². The van der Waals surface area contributed by atoms with Crippen LogP contribution in [0.1, 0.15) is 34.1 Å². The molecule has 0 saturated heterocycles. The third-order valence-corrected chi connectivity index (χ3v) is 4.06. The number of hydrogen-bond acceptors (Lipinski definition) is 5. The number of para-hydroxylation sites is 1. The quantitative estimate of drug-likeness (QED) is 0.567. The molecule has 1 heterocycles. The molecule has 0 fully saturated rings. The topological polar surface area (TPSA) is 80.0 Å². The van der Waals surface area contributed by atoms with Crippen molar-refractivity contribution in [2.24, 2.45) is 0 Å². The van der Waals surface area contributed by atoms with Crippen LogP contribution in [-0.4, -0.2) is 22.6 Å². The highest BCUT2D eigenvalue weighted by Crippen LogP contribution is 2.31. The molecule has 152 valence electrons. The number of carbonyl (C=O) groups is 1. The summed E-state index contributed by atoms with van der Waals surface area (Å²) in [4.78, 5) is 16.6. The Morgan fingerprint density at radius 3 is 2.66 bits per heavy atom. The summed E-state index contributed by atoms with van der Waals surface area (Å²) in [5.74, 6) is 0.726. The zero-order valence-corrected chi connectivity index (χ0v) is 15.6. The molecule has 0 unspecified atom stereocenters. The van der Waals surface area contributed by atoms with Crippen molar-refractivity contribution in [3.8, 4) is 0 Å². The van der Waals surface area contributed by atoms with Crippen molar-refractivity contribution in [3.05, 3.63) is 71.4 Å². The first-order chi connectivity index (χ1) is 13.8. The Labute approximate surface area is 165 Å². The monoisotopic (exact) mass is 404 g/mol. The fraction of sp³-hybridized carbons (Fsp3) is 0.250. The Kier molecular flexibility index (Phi) is 6.16. The van der Waals surface area contributed by atoms with Gasteiger partial charge in [0.05, 0.1) is 16.8 Å². The van der Waals surface area contributed by atoms with Gasteiger partial charge in [0.1, 0.15) is 0 Å². The maximum absolute atomic E-state index is 12.9. The molecule has 0 spiro atoms. The number of rotatable bonds is 7. The molecule has 0 saturated carbocycles. The number of benzene rings is 2. The second-order valence-electron chi connectivity index (χ2n) is 6.34. The predicted octanol–water partition coefficient (Wildman–Crippen LogP) is 4.50. The van der Waals surface area contributed by atoms with Crippen molar-refractivity contribution in [2.75, 3.05) is 11.9 Å². The summed E-state index contributed by atoms with van der Waals surface area (Å²) >= 11 is 0. The standard InChI is InChI=1S/C20H19F3N4O2/c1-13-25-18(29-27-13)10-5-11-24-19(28)16-8-2-3-9-17(16)26-15-7-4-6-14(12-15)20(21,22)23/h2-4,6-9,12,26H,5,10-11H2,1H3,(H,24,28). The van der Waals surface area contributed by atoms with Crippen LogP contribution in [0.3, 0.4) is 0 Å². The van der Waals surface area contributed by atoms with Crippen LogP contribution < -0.4 is 10.6 Å². The van der Waals surface area contributed by atoms with Gasteiger partial charge in [0, 0.05) is 18.7 Å². The molecule has 1 amide bonds. The molecule has 0 radical (unpaired) electrons. The second-order valence-corrected chi connectivity index (χ2v) is 6.34. The summed E-state index contributed by atoms with van der Waals surface area (Å²) in [5, 5.41) is 9.38. The van der Waals surface area contributed by atoms with E-state index in [-0.39, 0.29) is 11.6 Å². The fourth-order valence-corrected chi connectivity index (χ4v) is 2.70. The zero-order valence-electron chi connectivity index (χ0n) is 15.6. The lowest BCUT2D eigenvalue weighted by Gasteiger charge is -2.14. The summed E-state index contributed by atoms with van der Waals surface area (Å²) in [6, 6.07) is 11.4. The van der Waals surface area contributed by atoms with Gasteiger partial charge in [-0.15, -0.1) is 0 Å². The highest BCUT2D eigenvalue weighted by Gasteiger charge is 2.30. The normalized spacial score (nSPS) is 11.3. The van der Waals surface area contributed by atoms with Crippen molar-refractivity contribution in [3.63, 3.8) is 0 Å². The molecule has 2 N–H and O–H groups in total. The van der Waals surface area contributed by atoms with Gasteiger partial charge in [0.2, 0.25) is 5.89 Å². The first-order valence-electron chi connectivity index (χ1n) is 8.93. The number of nitrogens with zero attached hydrogens (tertiary/aromatic N) is 2. The highest BCUT2D eigenvalue weighted by atomic mass is 19.4. The van der Waals surface area contributed by atoms with Crippen LogP contribution in [0.2, 0.25) is 0 Å². The molecular weight excluding hydrogens is 385 g/mol. The van der Waals surface area contributed by atoms with Gasteiger partial charge in [0.25, 0.3) is 5.91 Å². The number of aryl methyl sites for hydroxylation is 2. The van der Waals surface area contributed by atoms with Crippen molar-refractivity contribution in [1.29, 1.82) is 0 Å². The van der Waals surface area contributed by atoms with Gasteiger partial charge >= 0.3 is 6.18 Å². The summed E-state index contributed by atoms with van der Waals surface area (Å²) in [6.45, 7) is 2.11. The van der Waals surface area contributed by atoms with Crippen molar-refractivity contribution in [2.45, 2.75) is 25.9 Å². The van der Waals surface area contributed by atoms with Crippen LogP contribution >= 0.6 is 0 Å². The molecule has 0 atom stereocenters. The van der Waals surface area contributed by atoms with Crippen LogP contribution in [0.15, 0.2) is 53.1 Å². The van der Waals surface area contributed by atoms with Gasteiger partial charge in [-0.05, 0) is 43.7 Å². The number of anilines is 2. The van der Waals surface area contributed by atoms with E-state index in [4.69, 9.17) is 4.52 Å². The maximum Gasteiger partial charge on any atom is 0.416 e. The van der Waals surface area contributed by atoms with Crippen LogP contribution in [0.25, 0.3) is 0 Å². The van der Waals surface area contributed by atoms with Gasteiger partial charge in [-0.25, -0.2) is 0 Å². The SMILES string of the molecule is Cc1noc(CCCNC(=O)c2ccccc2Nc2cccc(C(F)(F)F)c2)n1. The Morgan fingerprint density at radius 2 is 1.93 bits per heavy atom. The molecule has 29 heavy (non-hydrogen) atoms. The number of halogens is 3. The number of hydrogen-bond donors (Lipinski definition) is 2. The first-order valence-corrected chi connectivity index (χ1v) is 8.93. The number of aromatic nitrogens is 2. The lowest BCUT2D eigenvalue weighted by molar-refractivity contribution is -0.137. The zero-order chi connectivity index (χ0) is 20.9. The molecule has 6 nitrogen and oxygen atoms in total. The van der Waals surface area contributed by atoms with Gasteiger partial charge in [-0.2, -0.15) is 18.2 Å². The van der Waals surface area contributed by atoms with E-state index < -0.39 is 11.7 Å². The molecule has 2 aromatic carbocycles. The molecule has 3 rings (SSSR count). The molecule has 0 aliphatic rings. The van der Waals surface area contributed by atoms with Crippen LogP contribution in [0.4, 0.5) is 24.5 Å². The highest BCUT2D eigenvalue weighted by molar-refractivity contribution is 6.00. The molecule has 0 aliphatic heterocycles. The van der Waals surface area contributed by atoms with Gasteiger partial charge in [-0.3, -0.25) is 4.79 Å². The maximum atomic E-state index is 12.9. The minimum atomic E-state index is -4.44. The van der Waals surface area contributed by atoms with Crippen LogP contribution in [-0.2, 0) is 12.6 Å². The van der Waals surface area contributed by atoms with E-state index in [1.807, 2.05) is 0 Å². The number of carbonyl (C=O) groups excluding carboxylic acids is 1. The van der Waals surface area contributed by atoms with E-state index in [9.17, 15) is 18.0 Å². The summed E-state index contributed by atoms with van der Waals surface area (Å²) in [6.07, 6.45) is -3.30. The lowest BCUT2D eigenvalue weighted by Crippen LogP contribution is -2.25. The second kappa shape index (κ2) is 8.76. The summed E-state index contributed by atoms with van der Waals surface area (Å²) in [7, 11) is 0. The smallest absolute Gasteiger partial charge is 0.355 e. The van der Waals surface area contributed by atoms with E-state index in [1.165, 1.54) is 12.1 Å². The molecule has 0 aliphatic carbocycles. The Balaban J connectivity index is 1.63. The third kappa shape index (κ3) is 5.56. The first kappa shape index (κ1) is 20.4. The average Bonchev–Trinajstić information content (AvgIpc) is 3.10. The van der Waals surface area contributed by atoms with Crippen LogP contribution in [0.5, 0.6) is 0 Å². The van der Waals surface area contributed by atoms with Crippen molar-refractivity contribution in [1.82, 2.24) is 15.5 Å². The predicted molar refractivity (Wildman–Crippen MR) is 101 cm³/mol. The average molecular weight is 404 g/mol. The number of nitrogens with one attached hydrogen (secondary N) is 2. The molecule has 3 aromatic rings. The van der Waals surface area contributed by atoms with Gasteiger partial charge in [-0.1, -0.05) is 23.4 Å².